The van der Waals surface area contributed by atoms with E-state index in [1.54, 1.807) is 0 Å². The van der Waals surface area contributed by atoms with Gasteiger partial charge in [0.15, 0.2) is 0 Å². The molecule has 0 aliphatic rings. The first-order valence-corrected chi connectivity index (χ1v) is 6.79. The molecule has 0 N–H and O–H groups in total. The van der Waals surface area contributed by atoms with Crippen LogP contribution in [0.25, 0.3) is 0 Å². The topological polar surface area (TPSA) is 12.9 Å². The summed E-state index contributed by atoms with van der Waals surface area (Å²) in [6.45, 7) is 11.2. The summed E-state index contributed by atoms with van der Waals surface area (Å²) in [5.74, 6) is 1.90. The van der Waals surface area contributed by atoms with Crippen LogP contribution in [0.5, 0.6) is 0 Å². The van der Waals surface area contributed by atoms with Crippen LogP contribution in [0.2, 0.25) is 0 Å². The molecule has 1 heterocycles. The summed E-state index contributed by atoms with van der Waals surface area (Å²) in [5.41, 5.74) is 0.244. The fourth-order valence-electron chi connectivity index (χ4n) is 0.910. The van der Waals surface area contributed by atoms with E-state index in [1.807, 2.05) is 29.3 Å². The number of thiazole rings is 1. The Morgan fingerprint density at radius 1 is 1.43 bits per heavy atom. The maximum atomic E-state index is 4.44. The Labute approximate surface area is 95.3 Å². The van der Waals surface area contributed by atoms with Gasteiger partial charge in [-0.3, -0.25) is 0 Å². The van der Waals surface area contributed by atoms with Crippen molar-refractivity contribution in [2.45, 2.75) is 44.4 Å². The van der Waals surface area contributed by atoms with Crippen molar-refractivity contribution in [2.75, 3.05) is 5.75 Å². The minimum absolute atomic E-state index is 0.244. The van der Waals surface area contributed by atoms with Gasteiger partial charge in [0, 0.05) is 16.8 Å². The van der Waals surface area contributed by atoms with Gasteiger partial charge in [0.1, 0.15) is 4.34 Å². The van der Waals surface area contributed by atoms with Crippen LogP contribution in [-0.4, -0.2) is 10.7 Å². The van der Waals surface area contributed by atoms with Crippen LogP contribution in [0.3, 0.4) is 0 Å². The fraction of sp³-hybridized carbons (Fsp3) is 0.727. The van der Waals surface area contributed by atoms with Crippen LogP contribution in [0.1, 0.15) is 39.5 Å². The zero-order chi connectivity index (χ0) is 10.8. The molecule has 1 aromatic heterocycles. The summed E-state index contributed by atoms with van der Waals surface area (Å²) in [6.07, 6.45) is 2.02. The number of thioether (sulfide) groups is 1. The third-order valence-corrected chi connectivity index (χ3v) is 4.77. The fourth-order valence-corrected chi connectivity index (χ4v) is 2.93. The SMILES string of the molecule is CC(C)CSc1ncc(C(C)(C)C)s1. The molecule has 80 valence electrons. The zero-order valence-corrected chi connectivity index (χ0v) is 11.3. The summed E-state index contributed by atoms with van der Waals surface area (Å²) in [5, 5.41) is 0. The first-order valence-electron chi connectivity index (χ1n) is 4.98. The summed E-state index contributed by atoms with van der Waals surface area (Å²) < 4.78 is 1.21. The lowest BCUT2D eigenvalue weighted by atomic mass is 9.96. The number of rotatable bonds is 3. The monoisotopic (exact) mass is 229 g/mol. The number of aromatic nitrogens is 1. The van der Waals surface area contributed by atoms with Crippen molar-refractivity contribution >= 4 is 23.1 Å². The lowest BCUT2D eigenvalue weighted by molar-refractivity contribution is 0.602. The standard InChI is InChI=1S/C11H19NS2/c1-8(2)7-13-10-12-6-9(14-10)11(3,4)5/h6,8H,7H2,1-5H3. The van der Waals surface area contributed by atoms with Gasteiger partial charge in [-0.25, -0.2) is 4.98 Å². The molecule has 1 aromatic rings. The van der Waals surface area contributed by atoms with Gasteiger partial charge in [0.25, 0.3) is 0 Å². The van der Waals surface area contributed by atoms with Gasteiger partial charge in [-0.05, 0) is 11.3 Å². The molecule has 1 rings (SSSR count). The van der Waals surface area contributed by atoms with Crippen LogP contribution < -0.4 is 0 Å². The molecular formula is C11H19NS2. The molecule has 3 heteroatoms. The quantitative estimate of drug-likeness (QED) is 0.721. The van der Waals surface area contributed by atoms with E-state index < -0.39 is 0 Å². The normalized spacial score (nSPS) is 12.4. The highest BCUT2D eigenvalue weighted by Crippen LogP contribution is 2.32. The molecule has 0 fully saturated rings. The lowest BCUT2D eigenvalue weighted by Gasteiger charge is -2.14. The molecule has 0 saturated carbocycles. The van der Waals surface area contributed by atoms with E-state index in [9.17, 15) is 0 Å². The van der Waals surface area contributed by atoms with E-state index in [2.05, 4.69) is 39.6 Å². The Balaban J connectivity index is 2.60. The van der Waals surface area contributed by atoms with Gasteiger partial charge >= 0.3 is 0 Å². The average molecular weight is 229 g/mol. The summed E-state index contributed by atoms with van der Waals surface area (Å²) in [4.78, 5) is 5.81. The number of nitrogens with zero attached hydrogens (tertiary/aromatic N) is 1. The van der Waals surface area contributed by atoms with Crippen molar-refractivity contribution in [3.63, 3.8) is 0 Å². The molecule has 0 spiro atoms. The van der Waals surface area contributed by atoms with E-state index in [0.717, 1.165) is 11.7 Å². The Hall–Kier alpha value is -0.0200. The highest BCUT2D eigenvalue weighted by Gasteiger charge is 2.17. The minimum atomic E-state index is 0.244. The van der Waals surface area contributed by atoms with Crippen LogP contribution in [0.15, 0.2) is 10.5 Å². The molecular weight excluding hydrogens is 210 g/mol. The van der Waals surface area contributed by atoms with E-state index in [-0.39, 0.29) is 5.41 Å². The van der Waals surface area contributed by atoms with Gasteiger partial charge in [0.05, 0.1) is 0 Å². The molecule has 0 atom stereocenters. The second-order valence-electron chi connectivity index (χ2n) is 4.95. The second-order valence-corrected chi connectivity index (χ2v) is 7.24. The minimum Gasteiger partial charge on any atom is -0.238 e. The van der Waals surface area contributed by atoms with Crippen molar-refractivity contribution in [3.05, 3.63) is 11.1 Å². The van der Waals surface area contributed by atoms with Gasteiger partial charge in [-0.1, -0.05) is 46.4 Å². The van der Waals surface area contributed by atoms with Crippen LogP contribution in [0.4, 0.5) is 0 Å². The maximum Gasteiger partial charge on any atom is 0.150 e. The Kier molecular flexibility index (Phi) is 4.02. The largest absolute Gasteiger partial charge is 0.238 e. The third-order valence-electron chi connectivity index (χ3n) is 1.76. The highest BCUT2D eigenvalue weighted by atomic mass is 32.2. The second kappa shape index (κ2) is 4.67. The predicted octanol–water partition coefficient (Wildman–Crippen LogP) is 4.19. The summed E-state index contributed by atoms with van der Waals surface area (Å²) in [7, 11) is 0. The third kappa shape index (κ3) is 3.62. The molecule has 0 bridgehead atoms. The molecule has 0 aliphatic carbocycles. The molecule has 0 aromatic carbocycles. The molecule has 0 radical (unpaired) electrons. The number of hydrogen-bond donors (Lipinski definition) is 0. The zero-order valence-electron chi connectivity index (χ0n) is 9.63. The lowest BCUT2D eigenvalue weighted by Crippen LogP contribution is -2.07. The first-order chi connectivity index (χ1) is 6.39. The van der Waals surface area contributed by atoms with Crippen molar-refractivity contribution in [2.24, 2.45) is 5.92 Å². The molecule has 0 amide bonds. The molecule has 14 heavy (non-hydrogen) atoms. The van der Waals surface area contributed by atoms with E-state index >= 15 is 0 Å². The van der Waals surface area contributed by atoms with Gasteiger partial charge in [0.2, 0.25) is 0 Å². The van der Waals surface area contributed by atoms with Crippen LogP contribution in [-0.2, 0) is 5.41 Å². The van der Waals surface area contributed by atoms with E-state index in [0.29, 0.717) is 0 Å². The van der Waals surface area contributed by atoms with Gasteiger partial charge < -0.3 is 0 Å². The Morgan fingerprint density at radius 2 is 2.07 bits per heavy atom. The molecule has 0 unspecified atom stereocenters. The van der Waals surface area contributed by atoms with Crippen molar-refractivity contribution < 1.29 is 0 Å². The highest BCUT2D eigenvalue weighted by molar-refractivity contribution is 8.01. The Bertz CT molecular complexity index is 284. The molecule has 0 aliphatic heterocycles. The maximum absolute atomic E-state index is 4.44. The van der Waals surface area contributed by atoms with Gasteiger partial charge in [-0.15, -0.1) is 11.3 Å². The molecule has 1 nitrogen and oxygen atoms in total. The average Bonchev–Trinajstić information content (AvgIpc) is 2.47. The van der Waals surface area contributed by atoms with Gasteiger partial charge in [-0.2, -0.15) is 0 Å². The van der Waals surface area contributed by atoms with E-state index in [4.69, 9.17) is 0 Å². The molecule has 0 saturated heterocycles. The van der Waals surface area contributed by atoms with Crippen molar-refractivity contribution in [3.8, 4) is 0 Å². The Morgan fingerprint density at radius 3 is 2.50 bits per heavy atom. The first kappa shape index (κ1) is 12.1. The predicted molar refractivity (Wildman–Crippen MR) is 66.4 cm³/mol. The summed E-state index contributed by atoms with van der Waals surface area (Å²) in [6, 6.07) is 0. The van der Waals surface area contributed by atoms with Crippen LogP contribution in [0, 0.1) is 5.92 Å². The van der Waals surface area contributed by atoms with Crippen LogP contribution >= 0.6 is 23.1 Å². The number of hydrogen-bond acceptors (Lipinski definition) is 3. The summed E-state index contributed by atoms with van der Waals surface area (Å²) >= 11 is 3.71. The smallest absolute Gasteiger partial charge is 0.150 e. The van der Waals surface area contributed by atoms with E-state index in [1.165, 1.54) is 9.22 Å². The van der Waals surface area contributed by atoms with Crippen molar-refractivity contribution in [1.29, 1.82) is 0 Å². The van der Waals surface area contributed by atoms with Crippen molar-refractivity contribution in [1.82, 2.24) is 4.98 Å².